The van der Waals surface area contributed by atoms with Crippen LogP contribution in [0.5, 0.6) is 5.75 Å². The Morgan fingerprint density at radius 2 is 1.89 bits per heavy atom. The molecule has 0 spiro atoms. The Morgan fingerprint density at radius 3 is 2.56 bits per heavy atom. The first kappa shape index (κ1) is 18.8. The fraction of sp³-hybridized carbons (Fsp3) is 0.200. The highest BCUT2D eigenvalue weighted by Gasteiger charge is 2.32. The molecular weight excluding hydrogens is 366 g/mol. The lowest BCUT2D eigenvalue weighted by Crippen LogP contribution is -2.46. The first-order chi connectivity index (χ1) is 13.0. The van der Waals surface area contributed by atoms with E-state index in [0.29, 0.717) is 34.2 Å². The molecule has 0 saturated heterocycles. The highest BCUT2D eigenvalue weighted by Crippen LogP contribution is 2.32. The van der Waals surface area contributed by atoms with Crippen LogP contribution in [0.3, 0.4) is 0 Å². The third kappa shape index (κ3) is 4.23. The Kier molecular flexibility index (Phi) is 5.66. The second kappa shape index (κ2) is 8.14. The van der Waals surface area contributed by atoms with E-state index in [2.05, 4.69) is 16.0 Å². The van der Waals surface area contributed by atoms with Crippen LogP contribution in [0.15, 0.2) is 59.8 Å². The summed E-state index contributed by atoms with van der Waals surface area (Å²) in [4.78, 5) is 24.9. The Morgan fingerprint density at radius 1 is 1.19 bits per heavy atom. The van der Waals surface area contributed by atoms with Gasteiger partial charge < -0.3 is 20.7 Å². The minimum atomic E-state index is -0.643. The highest BCUT2D eigenvalue weighted by atomic mass is 35.5. The van der Waals surface area contributed by atoms with Crippen LogP contribution in [0.25, 0.3) is 0 Å². The number of hydrogen-bond acceptors (Lipinski definition) is 3. The smallest absolute Gasteiger partial charge is 0.319 e. The first-order valence-electron chi connectivity index (χ1n) is 8.56. The van der Waals surface area contributed by atoms with Gasteiger partial charge in [-0.05, 0) is 49.7 Å². The molecule has 6 nitrogen and oxygen atoms in total. The molecule has 0 bridgehead atoms. The monoisotopic (exact) mass is 385 g/mol. The maximum absolute atomic E-state index is 13.0. The van der Waals surface area contributed by atoms with Crippen molar-refractivity contribution in [2.45, 2.75) is 19.9 Å². The van der Waals surface area contributed by atoms with Crippen molar-refractivity contribution in [1.82, 2.24) is 10.6 Å². The Bertz CT molecular complexity index is 894. The van der Waals surface area contributed by atoms with E-state index in [4.69, 9.17) is 16.3 Å². The molecule has 0 aromatic heterocycles. The highest BCUT2D eigenvalue weighted by molar-refractivity contribution is 6.31. The summed E-state index contributed by atoms with van der Waals surface area (Å²) < 4.78 is 5.40. The minimum Gasteiger partial charge on any atom is -0.494 e. The fourth-order valence-corrected chi connectivity index (χ4v) is 3.18. The molecule has 1 heterocycles. The number of hydrogen-bond donors (Lipinski definition) is 3. The quantitative estimate of drug-likeness (QED) is 0.727. The van der Waals surface area contributed by atoms with Gasteiger partial charge in [-0.1, -0.05) is 29.8 Å². The third-order valence-electron chi connectivity index (χ3n) is 4.15. The predicted octanol–water partition coefficient (Wildman–Crippen LogP) is 4.01. The number of benzene rings is 2. The Hall–Kier alpha value is -2.99. The zero-order valence-corrected chi connectivity index (χ0v) is 15.8. The molecule has 1 atom stereocenters. The lowest BCUT2D eigenvalue weighted by atomic mass is 9.94. The van der Waals surface area contributed by atoms with Crippen molar-refractivity contribution in [3.63, 3.8) is 0 Å². The predicted molar refractivity (Wildman–Crippen MR) is 105 cm³/mol. The van der Waals surface area contributed by atoms with Crippen molar-refractivity contribution in [1.29, 1.82) is 0 Å². The molecule has 3 amide bonds. The molecule has 3 N–H and O–H groups in total. The number of carbonyl (C=O) groups excluding carboxylic acids is 2. The number of rotatable bonds is 5. The van der Waals surface area contributed by atoms with Crippen LogP contribution in [0.4, 0.5) is 10.5 Å². The van der Waals surface area contributed by atoms with Gasteiger partial charge in [0.2, 0.25) is 0 Å². The fourth-order valence-electron chi connectivity index (χ4n) is 2.94. The molecule has 140 valence electrons. The van der Waals surface area contributed by atoms with Gasteiger partial charge in [0.05, 0.1) is 18.2 Å². The van der Waals surface area contributed by atoms with E-state index in [1.54, 1.807) is 49.4 Å². The molecule has 27 heavy (non-hydrogen) atoms. The van der Waals surface area contributed by atoms with E-state index in [1.165, 1.54) is 0 Å². The average Bonchev–Trinajstić information content (AvgIpc) is 2.63. The van der Waals surface area contributed by atoms with Crippen LogP contribution in [-0.4, -0.2) is 18.5 Å². The third-order valence-corrected chi connectivity index (χ3v) is 4.50. The van der Waals surface area contributed by atoms with Crippen LogP contribution < -0.4 is 20.7 Å². The molecule has 0 fully saturated rings. The van der Waals surface area contributed by atoms with E-state index in [0.717, 1.165) is 5.75 Å². The maximum atomic E-state index is 13.0. The first-order valence-corrected chi connectivity index (χ1v) is 8.94. The summed E-state index contributed by atoms with van der Waals surface area (Å²) in [6, 6.07) is 13.2. The number of carbonyl (C=O) groups is 2. The number of halogens is 1. The minimum absolute atomic E-state index is 0.325. The number of nitrogens with one attached hydrogen (secondary N) is 3. The lowest BCUT2D eigenvalue weighted by molar-refractivity contribution is -0.113. The Labute approximate surface area is 162 Å². The van der Waals surface area contributed by atoms with Gasteiger partial charge in [0.15, 0.2) is 0 Å². The molecule has 1 aliphatic heterocycles. The summed E-state index contributed by atoms with van der Waals surface area (Å²) in [7, 11) is 0. The number of amides is 3. The number of urea groups is 1. The lowest BCUT2D eigenvalue weighted by Gasteiger charge is -2.29. The summed E-state index contributed by atoms with van der Waals surface area (Å²) in [6.07, 6.45) is 0. The summed E-state index contributed by atoms with van der Waals surface area (Å²) in [6.45, 7) is 4.17. The van der Waals surface area contributed by atoms with Crippen molar-refractivity contribution in [2.75, 3.05) is 11.9 Å². The van der Waals surface area contributed by atoms with Gasteiger partial charge in [-0.2, -0.15) is 0 Å². The van der Waals surface area contributed by atoms with Crippen LogP contribution in [0, 0.1) is 0 Å². The van der Waals surface area contributed by atoms with Crippen LogP contribution in [0.1, 0.15) is 25.5 Å². The molecular formula is C20H20ClN3O3. The summed E-state index contributed by atoms with van der Waals surface area (Å²) in [5, 5.41) is 8.75. The molecule has 2 aromatic carbocycles. The molecule has 1 aliphatic rings. The van der Waals surface area contributed by atoms with E-state index < -0.39 is 6.04 Å². The van der Waals surface area contributed by atoms with E-state index in [-0.39, 0.29) is 11.9 Å². The SMILES string of the molecule is CCOc1ccc(NC(=O)C2=C(C)NC(=O)N[C@H]2c2ccccc2Cl)cc1. The zero-order chi connectivity index (χ0) is 19.4. The van der Waals surface area contributed by atoms with E-state index in [9.17, 15) is 9.59 Å². The van der Waals surface area contributed by atoms with Gasteiger partial charge in [-0.3, -0.25) is 4.79 Å². The molecule has 2 aromatic rings. The van der Waals surface area contributed by atoms with Gasteiger partial charge in [-0.15, -0.1) is 0 Å². The number of ether oxygens (including phenoxy) is 1. The van der Waals surface area contributed by atoms with Crippen LogP contribution >= 0.6 is 11.6 Å². The van der Waals surface area contributed by atoms with Crippen LogP contribution in [-0.2, 0) is 4.79 Å². The molecule has 3 rings (SSSR count). The number of allylic oxidation sites excluding steroid dienone is 1. The van der Waals surface area contributed by atoms with Gasteiger partial charge in [-0.25, -0.2) is 4.79 Å². The van der Waals surface area contributed by atoms with Crippen molar-refractivity contribution < 1.29 is 14.3 Å². The topological polar surface area (TPSA) is 79.5 Å². The molecule has 0 aliphatic carbocycles. The van der Waals surface area contributed by atoms with E-state index >= 15 is 0 Å². The van der Waals surface area contributed by atoms with Crippen molar-refractivity contribution >= 4 is 29.2 Å². The second-order valence-electron chi connectivity index (χ2n) is 6.00. The average molecular weight is 386 g/mol. The number of anilines is 1. The molecule has 0 unspecified atom stereocenters. The molecule has 7 heteroatoms. The largest absolute Gasteiger partial charge is 0.494 e. The van der Waals surface area contributed by atoms with Crippen molar-refractivity contribution in [3.8, 4) is 5.75 Å². The van der Waals surface area contributed by atoms with Crippen LogP contribution in [0.2, 0.25) is 5.02 Å². The van der Waals surface area contributed by atoms with Gasteiger partial charge in [0.1, 0.15) is 5.75 Å². The van der Waals surface area contributed by atoms with Gasteiger partial charge in [0, 0.05) is 16.4 Å². The summed E-state index contributed by atoms with van der Waals surface area (Å²) in [5.74, 6) is 0.403. The second-order valence-corrected chi connectivity index (χ2v) is 6.41. The maximum Gasteiger partial charge on any atom is 0.319 e. The normalized spacial score (nSPS) is 16.4. The Balaban J connectivity index is 1.88. The van der Waals surface area contributed by atoms with Crippen molar-refractivity contribution in [2.24, 2.45) is 0 Å². The van der Waals surface area contributed by atoms with Gasteiger partial charge in [0.25, 0.3) is 5.91 Å². The van der Waals surface area contributed by atoms with E-state index in [1.807, 2.05) is 13.0 Å². The van der Waals surface area contributed by atoms with Crippen molar-refractivity contribution in [3.05, 3.63) is 70.4 Å². The van der Waals surface area contributed by atoms with Gasteiger partial charge >= 0.3 is 6.03 Å². The molecule has 0 radical (unpaired) electrons. The standard InChI is InChI=1S/C20H20ClN3O3/c1-3-27-14-10-8-13(9-11-14)23-19(25)17-12(2)22-20(26)24-18(17)15-6-4-5-7-16(15)21/h4-11,18H,3H2,1-2H3,(H,23,25)(H2,22,24,26)/t18-/m0/s1. The summed E-state index contributed by atoms with van der Waals surface area (Å²) >= 11 is 6.29. The summed E-state index contributed by atoms with van der Waals surface area (Å²) in [5.41, 5.74) is 2.16. The molecule has 0 saturated carbocycles. The zero-order valence-electron chi connectivity index (χ0n) is 15.0.